The van der Waals surface area contributed by atoms with Crippen LogP contribution in [0.5, 0.6) is 5.75 Å². The van der Waals surface area contributed by atoms with Crippen LogP contribution in [0.1, 0.15) is 31.9 Å². The number of carbonyl (C=O) groups is 1. The van der Waals surface area contributed by atoms with Crippen LogP contribution < -0.4 is 15.4 Å². The third-order valence-corrected chi connectivity index (χ3v) is 4.03. The Hall–Kier alpha value is -2.44. The Morgan fingerprint density at radius 1 is 1.35 bits per heavy atom. The third-order valence-electron chi connectivity index (χ3n) is 4.03. The molecule has 0 atom stereocenters. The number of guanidine groups is 1. The first-order valence-electron chi connectivity index (χ1n) is 8.80. The van der Waals surface area contributed by atoms with Crippen molar-refractivity contribution >= 4 is 12.1 Å². The number of carbonyl (C=O) groups excluding carboxylic acids is 1. The number of nitrogens with zero attached hydrogens (tertiary/aromatic N) is 2. The highest BCUT2D eigenvalue weighted by atomic mass is 16.6. The summed E-state index contributed by atoms with van der Waals surface area (Å²) in [7, 11) is 3.41. The molecule has 1 heterocycles. The number of ether oxygens (including phenoxy) is 2. The van der Waals surface area contributed by atoms with E-state index in [4.69, 9.17) is 9.47 Å². The summed E-state index contributed by atoms with van der Waals surface area (Å²) in [6, 6.07) is 6.28. The normalized spacial score (nSPS) is 15.3. The van der Waals surface area contributed by atoms with Crippen LogP contribution >= 0.6 is 0 Å². The molecule has 2 N–H and O–H groups in total. The van der Waals surface area contributed by atoms with Gasteiger partial charge in [-0.2, -0.15) is 0 Å². The third kappa shape index (κ3) is 5.54. The minimum Gasteiger partial charge on any atom is -0.496 e. The molecule has 7 heteroatoms. The van der Waals surface area contributed by atoms with Crippen LogP contribution in [0.2, 0.25) is 0 Å². The Kier molecular flexibility index (Phi) is 6.34. The summed E-state index contributed by atoms with van der Waals surface area (Å²) < 4.78 is 10.7. The van der Waals surface area contributed by atoms with Gasteiger partial charge in [0.1, 0.15) is 11.4 Å². The van der Waals surface area contributed by atoms with Gasteiger partial charge in [0, 0.05) is 26.7 Å². The highest BCUT2D eigenvalue weighted by Gasteiger charge is 2.34. The molecular formula is C19H30N4O3. The second kappa shape index (κ2) is 8.29. The number of aryl methyl sites for hydroxylation is 1. The van der Waals surface area contributed by atoms with Crippen LogP contribution in [0.3, 0.4) is 0 Å². The molecule has 0 aliphatic carbocycles. The van der Waals surface area contributed by atoms with Crippen molar-refractivity contribution in [3.63, 3.8) is 0 Å². The molecule has 1 amide bonds. The molecule has 0 radical (unpaired) electrons. The lowest BCUT2D eigenvalue weighted by molar-refractivity contribution is 0.00701. The number of likely N-dealkylation sites (tertiary alicyclic amines) is 1. The molecule has 0 saturated carbocycles. The average Bonchev–Trinajstić information content (AvgIpc) is 2.52. The van der Waals surface area contributed by atoms with Crippen LogP contribution in [-0.2, 0) is 11.3 Å². The molecule has 0 aromatic heterocycles. The van der Waals surface area contributed by atoms with Crippen LogP contribution in [0.4, 0.5) is 4.79 Å². The molecule has 0 bridgehead atoms. The van der Waals surface area contributed by atoms with Gasteiger partial charge in [0.15, 0.2) is 5.96 Å². The van der Waals surface area contributed by atoms with Gasteiger partial charge < -0.3 is 25.0 Å². The Balaban J connectivity index is 1.78. The average molecular weight is 362 g/mol. The maximum absolute atomic E-state index is 12.0. The molecule has 7 nitrogen and oxygen atoms in total. The van der Waals surface area contributed by atoms with Gasteiger partial charge in [-0.25, -0.2) is 4.79 Å². The lowest BCUT2D eigenvalue weighted by Gasteiger charge is -2.40. The molecule has 26 heavy (non-hydrogen) atoms. The van der Waals surface area contributed by atoms with E-state index in [1.165, 1.54) is 0 Å². The molecule has 0 spiro atoms. The quantitative estimate of drug-likeness (QED) is 0.635. The number of rotatable bonds is 4. The minimum atomic E-state index is -0.470. The SMILES string of the molecule is CN=C(NCc1ccc(C)c(OC)c1)NC1CN(C(=O)OC(C)(C)C)C1. The van der Waals surface area contributed by atoms with Crippen LogP contribution in [0, 0.1) is 6.92 Å². The van der Waals surface area contributed by atoms with Crippen molar-refractivity contribution in [2.75, 3.05) is 27.2 Å². The van der Waals surface area contributed by atoms with E-state index in [2.05, 4.69) is 21.7 Å². The van der Waals surface area contributed by atoms with Crippen molar-refractivity contribution < 1.29 is 14.3 Å². The summed E-state index contributed by atoms with van der Waals surface area (Å²) in [5.74, 6) is 1.58. The first kappa shape index (κ1) is 19.9. The zero-order valence-electron chi connectivity index (χ0n) is 16.5. The van der Waals surface area contributed by atoms with Crippen LogP contribution in [-0.4, -0.2) is 55.8 Å². The summed E-state index contributed by atoms with van der Waals surface area (Å²) in [4.78, 5) is 17.9. The smallest absolute Gasteiger partial charge is 0.410 e. The van der Waals surface area contributed by atoms with Gasteiger partial charge in [-0.1, -0.05) is 12.1 Å². The second-order valence-corrected chi connectivity index (χ2v) is 7.46. The first-order valence-corrected chi connectivity index (χ1v) is 8.80. The number of methoxy groups -OCH3 is 1. The van der Waals surface area contributed by atoms with E-state index in [0.29, 0.717) is 25.6 Å². The van der Waals surface area contributed by atoms with Crippen molar-refractivity contribution in [2.24, 2.45) is 4.99 Å². The summed E-state index contributed by atoms with van der Waals surface area (Å²) in [6.07, 6.45) is -0.273. The van der Waals surface area contributed by atoms with Crippen LogP contribution in [0.25, 0.3) is 0 Å². The van der Waals surface area contributed by atoms with E-state index in [1.54, 1.807) is 19.1 Å². The lowest BCUT2D eigenvalue weighted by atomic mass is 10.1. The van der Waals surface area contributed by atoms with Crippen molar-refractivity contribution in [1.82, 2.24) is 15.5 Å². The fourth-order valence-electron chi connectivity index (χ4n) is 2.59. The standard InChI is InChI=1S/C19H30N4O3/c1-13-7-8-14(9-16(13)25-6)10-21-17(20-5)22-15-11-23(12-15)18(24)26-19(2,3)4/h7-9,15H,10-12H2,1-6H3,(H2,20,21,22). The highest BCUT2D eigenvalue weighted by Crippen LogP contribution is 2.19. The topological polar surface area (TPSA) is 75.2 Å². The molecule has 144 valence electrons. The number of nitrogens with one attached hydrogen (secondary N) is 2. The molecule has 2 rings (SSSR count). The maximum Gasteiger partial charge on any atom is 0.410 e. The van der Waals surface area contributed by atoms with Crippen LogP contribution in [0.15, 0.2) is 23.2 Å². The number of aliphatic imine (C=N–C) groups is 1. The zero-order chi connectivity index (χ0) is 19.3. The Morgan fingerprint density at radius 2 is 2.04 bits per heavy atom. The molecule has 1 aromatic rings. The lowest BCUT2D eigenvalue weighted by Crippen LogP contribution is -2.63. The van der Waals surface area contributed by atoms with E-state index < -0.39 is 5.60 Å². The Bertz CT molecular complexity index is 661. The van der Waals surface area contributed by atoms with Crippen molar-refractivity contribution in [2.45, 2.75) is 45.9 Å². The fraction of sp³-hybridized carbons (Fsp3) is 0.579. The fourth-order valence-corrected chi connectivity index (χ4v) is 2.59. The van der Waals surface area contributed by atoms with E-state index in [-0.39, 0.29) is 12.1 Å². The minimum absolute atomic E-state index is 0.168. The highest BCUT2D eigenvalue weighted by molar-refractivity contribution is 5.80. The number of hydrogen-bond donors (Lipinski definition) is 2. The predicted octanol–water partition coefficient (Wildman–Crippen LogP) is 2.29. The monoisotopic (exact) mass is 362 g/mol. The summed E-state index contributed by atoms with van der Waals surface area (Å²) in [6.45, 7) is 9.47. The van der Waals surface area contributed by atoms with Crippen molar-refractivity contribution in [3.8, 4) is 5.75 Å². The summed E-state index contributed by atoms with van der Waals surface area (Å²) in [5, 5.41) is 6.61. The van der Waals surface area contributed by atoms with Crippen molar-refractivity contribution in [1.29, 1.82) is 0 Å². The van der Waals surface area contributed by atoms with E-state index >= 15 is 0 Å². The van der Waals surface area contributed by atoms with Gasteiger partial charge in [0.2, 0.25) is 0 Å². The van der Waals surface area contributed by atoms with Gasteiger partial charge in [-0.3, -0.25) is 4.99 Å². The summed E-state index contributed by atoms with van der Waals surface area (Å²) >= 11 is 0. The summed E-state index contributed by atoms with van der Waals surface area (Å²) in [5.41, 5.74) is 1.75. The Labute approximate surface area is 155 Å². The van der Waals surface area contributed by atoms with E-state index in [0.717, 1.165) is 16.9 Å². The molecule has 0 unspecified atom stereocenters. The van der Waals surface area contributed by atoms with Gasteiger partial charge >= 0.3 is 6.09 Å². The van der Waals surface area contributed by atoms with Gasteiger partial charge in [-0.15, -0.1) is 0 Å². The second-order valence-electron chi connectivity index (χ2n) is 7.46. The van der Waals surface area contributed by atoms with E-state index in [9.17, 15) is 4.79 Å². The number of benzene rings is 1. The predicted molar refractivity (Wildman–Crippen MR) is 103 cm³/mol. The first-order chi connectivity index (χ1) is 12.2. The molecule has 1 aliphatic rings. The Morgan fingerprint density at radius 3 is 2.62 bits per heavy atom. The molecular weight excluding hydrogens is 332 g/mol. The zero-order valence-corrected chi connectivity index (χ0v) is 16.5. The molecule has 1 aliphatic heterocycles. The van der Waals surface area contributed by atoms with Gasteiger partial charge in [-0.05, 0) is 44.9 Å². The largest absolute Gasteiger partial charge is 0.496 e. The van der Waals surface area contributed by atoms with E-state index in [1.807, 2.05) is 39.8 Å². The number of hydrogen-bond acceptors (Lipinski definition) is 4. The maximum atomic E-state index is 12.0. The molecule has 1 fully saturated rings. The van der Waals surface area contributed by atoms with Gasteiger partial charge in [0.05, 0.1) is 13.2 Å². The van der Waals surface area contributed by atoms with Crippen molar-refractivity contribution in [3.05, 3.63) is 29.3 Å². The molecule has 1 saturated heterocycles. The van der Waals surface area contributed by atoms with Gasteiger partial charge in [0.25, 0.3) is 0 Å². The molecule has 1 aromatic carbocycles. The number of amides is 1.